The Kier molecular flexibility index (Phi) is 7.70. The Bertz CT molecular complexity index is 1420. The molecule has 0 unspecified atom stereocenters. The molecule has 2 saturated carbocycles. The maximum absolute atomic E-state index is 14.7. The number of rotatable bonds is 8. The standard InChI is InChI=1S/C28H31F4N5O3/c1-3-22(38)37-20-8-7-17(11-19(20)29)36-27(39)23-14(2)35-26-24(33-13-34-25(23)26)18-10-16(28(30,31)32)6-9-21(18)40-12-15-4-5-15/h6,9-10,13,15,17,19-20,35H,3-5,7-8,11-12H2,1-2H3,(H,36,39)(H,37,38)/t17-,19+,20+/m0/s1. The largest absolute Gasteiger partial charge is 0.493 e. The number of nitrogens with zero attached hydrogens (tertiary/aromatic N) is 2. The number of aromatic amines is 1. The molecule has 2 heterocycles. The van der Waals surface area contributed by atoms with E-state index in [0.717, 1.165) is 25.0 Å². The van der Waals surface area contributed by atoms with Crippen molar-refractivity contribution in [2.45, 2.75) is 76.8 Å². The first kappa shape index (κ1) is 27.9. The molecule has 0 radical (unpaired) electrons. The van der Waals surface area contributed by atoms with Crippen molar-refractivity contribution in [3.63, 3.8) is 0 Å². The predicted octanol–water partition coefficient (Wildman–Crippen LogP) is 5.26. The first-order chi connectivity index (χ1) is 19.0. The lowest BCUT2D eigenvalue weighted by Crippen LogP contribution is -2.49. The second-order valence-corrected chi connectivity index (χ2v) is 10.6. The number of carbonyl (C=O) groups is 2. The first-order valence-corrected chi connectivity index (χ1v) is 13.5. The van der Waals surface area contributed by atoms with Gasteiger partial charge in [0.2, 0.25) is 5.91 Å². The van der Waals surface area contributed by atoms with Crippen LogP contribution in [0.3, 0.4) is 0 Å². The second kappa shape index (κ2) is 11.1. The van der Waals surface area contributed by atoms with E-state index in [1.807, 2.05) is 0 Å². The number of H-pyrrole nitrogens is 1. The molecule has 2 amide bonds. The van der Waals surface area contributed by atoms with Crippen molar-refractivity contribution in [2.24, 2.45) is 5.92 Å². The summed E-state index contributed by atoms with van der Waals surface area (Å²) in [5, 5.41) is 5.55. The Balaban J connectivity index is 1.43. The maximum atomic E-state index is 14.7. The number of ether oxygens (including phenoxy) is 1. The van der Waals surface area contributed by atoms with Gasteiger partial charge in [0, 0.05) is 30.1 Å². The molecule has 214 valence electrons. The van der Waals surface area contributed by atoms with Crippen LogP contribution in [0.1, 0.15) is 67.1 Å². The number of amides is 2. The molecular weight excluding hydrogens is 530 g/mol. The molecule has 40 heavy (non-hydrogen) atoms. The Labute approximate surface area is 228 Å². The molecule has 3 N–H and O–H groups in total. The summed E-state index contributed by atoms with van der Waals surface area (Å²) in [5.41, 5.74) is 0.677. The molecule has 0 spiro atoms. The van der Waals surface area contributed by atoms with Crippen molar-refractivity contribution in [3.05, 3.63) is 41.3 Å². The van der Waals surface area contributed by atoms with Gasteiger partial charge < -0.3 is 20.4 Å². The van der Waals surface area contributed by atoms with Gasteiger partial charge in [-0.2, -0.15) is 13.2 Å². The van der Waals surface area contributed by atoms with E-state index in [1.165, 1.54) is 12.4 Å². The van der Waals surface area contributed by atoms with E-state index in [1.54, 1.807) is 13.8 Å². The summed E-state index contributed by atoms with van der Waals surface area (Å²) >= 11 is 0. The fraction of sp³-hybridized carbons (Fsp3) is 0.500. The van der Waals surface area contributed by atoms with Crippen LogP contribution in [0.2, 0.25) is 0 Å². The number of hydrogen-bond acceptors (Lipinski definition) is 5. The summed E-state index contributed by atoms with van der Waals surface area (Å²) in [6.45, 7) is 3.75. The average molecular weight is 562 g/mol. The van der Waals surface area contributed by atoms with Crippen molar-refractivity contribution in [2.75, 3.05) is 6.61 Å². The summed E-state index contributed by atoms with van der Waals surface area (Å²) < 4.78 is 61.4. The zero-order valence-electron chi connectivity index (χ0n) is 22.2. The van der Waals surface area contributed by atoms with E-state index in [2.05, 4.69) is 25.6 Å². The monoisotopic (exact) mass is 561 g/mol. The van der Waals surface area contributed by atoms with Gasteiger partial charge >= 0.3 is 6.18 Å². The van der Waals surface area contributed by atoms with Crippen LogP contribution in [0.25, 0.3) is 22.3 Å². The summed E-state index contributed by atoms with van der Waals surface area (Å²) in [6, 6.07) is 2.23. The molecule has 0 saturated heterocycles. The summed E-state index contributed by atoms with van der Waals surface area (Å²) in [7, 11) is 0. The number of fused-ring (bicyclic) bond motifs is 1. The van der Waals surface area contributed by atoms with Crippen LogP contribution in [-0.2, 0) is 11.0 Å². The SMILES string of the molecule is CCC(=O)N[C@@H]1CC[C@H](NC(=O)c2c(C)[nH]c3c(-c4cc(C(F)(F)F)ccc4OCC4CC4)ncnc23)C[C@H]1F. The van der Waals surface area contributed by atoms with E-state index in [4.69, 9.17) is 4.74 Å². The smallest absolute Gasteiger partial charge is 0.416 e. The molecule has 3 aromatic rings. The lowest BCUT2D eigenvalue weighted by atomic mass is 9.89. The lowest BCUT2D eigenvalue weighted by molar-refractivity contribution is -0.137. The molecule has 1 aromatic carbocycles. The van der Waals surface area contributed by atoms with Gasteiger partial charge in [0.1, 0.15) is 29.5 Å². The summed E-state index contributed by atoms with van der Waals surface area (Å²) in [5.74, 6) is -0.0534. The van der Waals surface area contributed by atoms with Gasteiger partial charge in [0.05, 0.1) is 29.3 Å². The van der Waals surface area contributed by atoms with Crippen molar-refractivity contribution < 1.29 is 31.9 Å². The summed E-state index contributed by atoms with van der Waals surface area (Å²) in [6.07, 6.45) is -1.46. The van der Waals surface area contributed by atoms with Gasteiger partial charge in [-0.05, 0) is 56.7 Å². The molecule has 2 aliphatic rings. The first-order valence-electron chi connectivity index (χ1n) is 13.5. The molecule has 3 atom stereocenters. The van der Waals surface area contributed by atoms with Gasteiger partial charge in [-0.1, -0.05) is 6.92 Å². The zero-order chi connectivity index (χ0) is 28.6. The minimum atomic E-state index is -4.57. The molecule has 12 heteroatoms. The topological polar surface area (TPSA) is 109 Å². The molecular formula is C28H31F4N5O3. The number of hydrogen-bond donors (Lipinski definition) is 3. The van der Waals surface area contributed by atoms with Gasteiger partial charge in [0.15, 0.2) is 0 Å². The van der Waals surface area contributed by atoms with E-state index < -0.39 is 35.9 Å². The van der Waals surface area contributed by atoms with E-state index in [0.29, 0.717) is 36.6 Å². The quantitative estimate of drug-likeness (QED) is 0.325. The number of benzene rings is 1. The molecule has 8 nitrogen and oxygen atoms in total. The third-order valence-corrected chi connectivity index (χ3v) is 7.51. The Morgan fingerprint density at radius 2 is 1.90 bits per heavy atom. The minimum Gasteiger partial charge on any atom is -0.493 e. The van der Waals surface area contributed by atoms with E-state index in [9.17, 15) is 27.2 Å². The highest BCUT2D eigenvalue weighted by atomic mass is 19.4. The van der Waals surface area contributed by atoms with Crippen LogP contribution in [0.5, 0.6) is 5.75 Å². The zero-order valence-corrected chi connectivity index (χ0v) is 22.2. The van der Waals surface area contributed by atoms with Crippen LogP contribution in [0.4, 0.5) is 17.6 Å². The molecule has 2 fully saturated rings. The van der Waals surface area contributed by atoms with E-state index >= 15 is 0 Å². The van der Waals surface area contributed by atoms with Crippen LogP contribution in [0.15, 0.2) is 24.5 Å². The van der Waals surface area contributed by atoms with Crippen LogP contribution < -0.4 is 15.4 Å². The summed E-state index contributed by atoms with van der Waals surface area (Å²) in [4.78, 5) is 36.6. The number of aromatic nitrogens is 3. The van der Waals surface area contributed by atoms with Crippen LogP contribution in [-0.4, -0.2) is 51.6 Å². The Hall–Kier alpha value is -3.70. The maximum Gasteiger partial charge on any atom is 0.416 e. The van der Waals surface area contributed by atoms with E-state index in [-0.39, 0.29) is 46.8 Å². The molecule has 5 rings (SSSR count). The number of aryl methyl sites for hydroxylation is 1. The lowest BCUT2D eigenvalue weighted by Gasteiger charge is -2.32. The number of alkyl halides is 4. The number of halogens is 4. The van der Waals surface area contributed by atoms with Gasteiger partial charge in [0.25, 0.3) is 5.91 Å². The van der Waals surface area contributed by atoms with Crippen molar-refractivity contribution >= 4 is 22.8 Å². The third kappa shape index (κ3) is 5.90. The molecule has 0 bridgehead atoms. The fourth-order valence-corrected chi connectivity index (χ4v) is 5.09. The van der Waals surface area contributed by atoms with Crippen LogP contribution in [0, 0.1) is 12.8 Å². The number of carbonyl (C=O) groups excluding carboxylic acids is 2. The van der Waals surface area contributed by atoms with Gasteiger partial charge in [-0.25, -0.2) is 14.4 Å². The normalized spacial score (nSPS) is 21.3. The highest BCUT2D eigenvalue weighted by Gasteiger charge is 2.34. The highest BCUT2D eigenvalue weighted by molar-refractivity contribution is 6.09. The van der Waals surface area contributed by atoms with Crippen molar-refractivity contribution in [1.82, 2.24) is 25.6 Å². The fourth-order valence-electron chi connectivity index (χ4n) is 5.09. The Morgan fingerprint density at radius 1 is 1.12 bits per heavy atom. The van der Waals surface area contributed by atoms with Gasteiger partial charge in [-0.15, -0.1) is 0 Å². The second-order valence-electron chi connectivity index (χ2n) is 10.6. The van der Waals surface area contributed by atoms with Crippen LogP contribution >= 0.6 is 0 Å². The molecule has 0 aliphatic heterocycles. The number of nitrogens with one attached hydrogen (secondary N) is 3. The predicted molar refractivity (Wildman–Crippen MR) is 140 cm³/mol. The Morgan fingerprint density at radius 3 is 2.58 bits per heavy atom. The van der Waals surface area contributed by atoms with Crippen molar-refractivity contribution in [3.8, 4) is 17.0 Å². The third-order valence-electron chi connectivity index (χ3n) is 7.51. The highest BCUT2D eigenvalue weighted by Crippen LogP contribution is 2.40. The average Bonchev–Trinajstić information content (AvgIpc) is 3.67. The van der Waals surface area contributed by atoms with Gasteiger partial charge in [-0.3, -0.25) is 9.59 Å². The molecule has 2 aromatic heterocycles. The molecule has 2 aliphatic carbocycles. The van der Waals surface area contributed by atoms with Crippen molar-refractivity contribution in [1.29, 1.82) is 0 Å². The minimum absolute atomic E-state index is 0.0496.